The van der Waals surface area contributed by atoms with E-state index < -0.39 is 6.10 Å². The number of hydrogen-bond acceptors (Lipinski definition) is 3. The average Bonchev–Trinajstić information content (AvgIpc) is 2.52. The highest BCUT2D eigenvalue weighted by atomic mass is 16.5. The quantitative estimate of drug-likeness (QED) is 0.821. The first-order valence-corrected chi connectivity index (χ1v) is 7.31. The molecule has 0 amide bonds. The van der Waals surface area contributed by atoms with E-state index in [2.05, 4.69) is 43.4 Å². The van der Waals surface area contributed by atoms with Crippen molar-refractivity contribution in [2.24, 2.45) is 0 Å². The van der Waals surface area contributed by atoms with Crippen LogP contribution in [0.3, 0.4) is 0 Å². The van der Waals surface area contributed by atoms with Crippen molar-refractivity contribution in [2.45, 2.75) is 26.0 Å². The van der Waals surface area contributed by atoms with E-state index in [4.69, 9.17) is 4.74 Å². The van der Waals surface area contributed by atoms with Crippen molar-refractivity contribution < 1.29 is 9.84 Å². The molecule has 3 heteroatoms. The molecule has 0 spiro atoms. The summed E-state index contributed by atoms with van der Waals surface area (Å²) in [6.45, 7) is 4.96. The minimum Gasteiger partial charge on any atom is -0.491 e. The summed E-state index contributed by atoms with van der Waals surface area (Å²) >= 11 is 0. The van der Waals surface area contributed by atoms with E-state index in [-0.39, 0.29) is 12.6 Å². The van der Waals surface area contributed by atoms with Gasteiger partial charge in [0.25, 0.3) is 0 Å². The van der Waals surface area contributed by atoms with Crippen LogP contribution in [0.5, 0.6) is 5.75 Å². The fourth-order valence-corrected chi connectivity index (χ4v) is 2.05. The Bertz CT molecular complexity index is 525. The normalized spacial score (nSPS) is 13.7. The van der Waals surface area contributed by atoms with Crippen LogP contribution in [0.15, 0.2) is 54.6 Å². The number of ether oxygens (including phenoxy) is 1. The van der Waals surface area contributed by atoms with Crippen molar-refractivity contribution in [1.29, 1.82) is 0 Å². The van der Waals surface area contributed by atoms with Gasteiger partial charge in [0.1, 0.15) is 18.5 Å². The van der Waals surface area contributed by atoms with Crippen LogP contribution in [0.2, 0.25) is 0 Å². The van der Waals surface area contributed by atoms with Gasteiger partial charge in [0.15, 0.2) is 0 Å². The molecule has 0 aliphatic rings. The Morgan fingerprint density at radius 1 is 1.05 bits per heavy atom. The molecule has 2 aromatic carbocycles. The van der Waals surface area contributed by atoms with Crippen molar-refractivity contribution in [3.05, 3.63) is 65.7 Å². The maximum absolute atomic E-state index is 9.96. The van der Waals surface area contributed by atoms with Gasteiger partial charge in [-0.05, 0) is 31.5 Å². The maximum atomic E-state index is 9.96. The lowest BCUT2D eigenvalue weighted by Gasteiger charge is -2.18. The number of aryl methyl sites for hydroxylation is 1. The van der Waals surface area contributed by atoms with Crippen LogP contribution in [-0.2, 0) is 0 Å². The molecule has 0 radical (unpaired) electrons. The molecule has 112 valence electrons. The number of rotatable bonds is 7. The second-order valence-electron chi connectivity index (χ2n) is 5.32. The zero-order chi connectivity index (χ0) is 15.1. The highest BCUT2D eigenvalue weighted by Crippen LogP contribution is 2.13. The molecular formula is C18H23NO2. The molecule has 21 heavy (non-hydrogen) atoms. The topological polar surface area (TPSA) is 41.5 Å². The fraction of sp³-hybridized carbons (Fsp3) is 0.333. The average molecular weight is 285 g/mol. The van der Waals surface area contributed by atoms with Crippen LogP contribution in [0.25, 0.3) is 0 Å². The molecule has 1 unspecified atom stereocenters. The summed E-state index contributed by atoms with van der Waals surface area (Å²) in [5.41, 5.74) is 2.47. The summed E-state index contributed by atoms with van der Waals surface area (Å²) in [4.78, 5) is 0. The Morgan fingerprint density at radius 3 is 2.38 bits per heavy atom. The molecule has 0 fully saturated rings. The first-order valence-electron chi connectivity index (χ1n) is 7.31. The molecule has 2 rings (SSSR count). The zero-order valence-electron chi connectivity index (χ0n) is 12.6. The van der Waals surface area contributed by atoms with E-state index in [1.807, 2.05) is 30.3 Å². The molecule has 3 nitrogen and oxygen atoms in total. The Morgan fingerprint density at radius 2 is 1.71 bits per heavy atom. The molecular weight excluding hydrogens is 262 g/mol. The van der Waals surface area contributed by atoms with Gasteiger partial charge >= 0.3 is 0 Å². The second-order valence-corrected chi connectivity index (χ2v) is 5.32. The summed E-state index contributed by atoms with van der Waals surface area (Å²) in [6, 6.07) is 18.2. The largest absolute Gasteiger partial charge is 0.491 e. The number of nitrogens with one attached hydrogen (secondary N) is 1. The summed E-state index contributed by atoms with van der Waals surface area (Å²) in [5.74, 6) is 0.781. The molecule has 0 aromatic heterocycles. The third-order valence-electron chi connectivity index (χ3n) is 3.42. The third-order valence-corrected chi connectivity index (χ3v) is 3.42. The van der Waals surface area contributed by atoms with Gasteiger partial charge in [-0.25, -0.2) is 0 Å². The molecule has 2 atom stereocenters. The van der Waals surface area contributed by atoms with Gasteiger partial charge in [-0.2, -0.15) is 0 Å². The zero-order valence-corrected chi connectivity index (χ0v) is 12.6. The summed E-state index contributed by atoms with van der Waals surface area (Å²) in [5, 5.41) is 13.3. The van der Waals surface area contributed by atoms with Crippen molar-refractivity contribution in [3.8, 4) is 5.75 Å². The Labute approximate surface area is 126 Å². The van der Waals surface area contributed by atoms with E-state index in [1.165, 1.54) is 11.1 Å². The maximum Gasteiger partial charge on any atom is 0.119 e. The van der Waals surface area contributed by atoms with Gasteiger partial charge in [0.2, 0.25) is 0 Å². The highest BCUT2D eigenvalue weighted by molar-refractivity contribution is 5.23. The first kappa shape index (κ1) is 15.5. The van der Waals surface area contributed by atoms with Gasteiger partial charge < -0.3 is 15.2 Å². The van der Waals surface area contributed by atoms with Gasteiger partial charge in [-0.3, -0.25) is 0 Å². The van der Waals surface area contributed by atoms with E-state index in [9.17, 15) is 5.11 Å². The van der Waals surface area contributed by atoms with Gasteiger partial charge in [0.05, 0.1) is 0 Å². The standard InChI is InChI=1S/C18H23NO2/c1-14-8-10-16(11-9-14)15(2)19-12-17(20)13-21-18-6-4-3-5-7-18/h3-11,15,17,19-20H,12-13H2,1-2H3/t15-,17?/m1/s1. The molecule has 0 aliphatic carbocycles. The number of aliphatic hydroxyl groups excluding tert-OH is 1. The fourth-order valence-electron chi connectivity index (χ4n) is 2.05. The first-order chi connectivity index (χ1) is 10.1. The summed E-state index contributed by atoms with van der Waals surface area (Å²) < 4.78 is 5.53. The van der Waals surface area contributed by atoms with E-state index >= 15 is 0 Å². The van der Waals surface area contributed by atoms with E-state index in [1.54, 1.807) is 0 Å². The summed E-state index contributed by atoms with van der Waals surface area (Å²) in [6.07, 6.45) is -0.530. The molecule has 0 heterocycles. The lowest BCUT2D eigenvalue weighted by Crippen LogP contribution is -2.33. The van der Waals surface area contributed by atoms with Crippen LogP contribution in [0, 0.1) is 6.92 Å². The predicted octanol–water partition coefficient (Wildman–Crippen LogP) is 3.09. The van der Waals surface area contributed by atoms with Crippen molar-refractivity contribution in [3.63, 3.8) is 0 Å². The SMILES string of the molecule is Cc1ccc([C@@H](C)NCC(O)COc2ccccc2)cc1. The number of aliphatic hydroxyl groups is 1. The number of para-hydroxylation sites is 1. The predicted molar refractivity (Wildman–Crippen MR) is 85.5 cm³/mol. The van der Waals surface area contributed by atoms with Crippen LogP contribution < -0.4 is 10.1 Å². The van der Waals surface area contributed by atoms with Crippen LogP contribution >= 0.6 is 0 Å². The van der Waals surface area contributed by atoms with Crippen molar-refractivity contribution in [1.82, 2.24) is 5.32 Å². The van der Waals surface area contributed by atoms with E-state index in [0.29, 0.717) is 6.54 Å². The minimum atomic E-state index is -0.530. The number of benzene rings is 2. The third kappa shape index (κ3) is 5.21. The molecule has 2 N–H and O–H groups in total. The van der Waals surface area contributed by atoms with Crippen LogP contribution in [-0.4, -0.2) is 24.4 Å². The molecule has 0 saturated heterocycles. The van der Waals surface area contributed by atoms with Crippen molar-refractivity contribution in [2.75, 3.05) is 13.2 Å². The smallest absolute Gasteiger partial charge is 0.119 e. The molecule has 0 aliphatic heterocycles. The van der Waals surface area contributed by atoms with Crippen molar-refractivity contribution >= 4 is 0 Å². The second kappa shape index (κ2) is 7.81. The molecule has 2 aromatic rings. The van der Waals surface area contributed by atoms with Gasteiger partial charge in [-0.1, -0.05) is 48.0 Å². The monoisotopic (exact) mass is 285 g/mol. The minimum absolute atomic E-state index is 0.206. The lowest BCUT2D eigenvalue weighted by atomic mass is 10.1. The van der Waals surface area contributed by atoms with Crippen LogP contribution in [0.4, 0.5) is 0 Å². The lowest BCUT2D eigenvalue weighted by molar-refractivity contribution is 0.104. The Hall–Kier alpha value is -1.84. The summed E-state index contributed by atoms with van der Waals surface area (Å²) in [7, 11) is 0. The Kier molecular flexibility index (Phi) is 5.78. The highest BCUT2D eigenvalue weighted by Gasteiger charge is 2.09. The van der Waals surface area contributed by atoms with Crippen LogP contribution in [0.1, 0.15) is 24.1 Å². The van der Waals surface area contributed by atoms with Gasteiger partial charge in [0, 0.05) is 12.6 Å². The van der Waals surface area contributed by atoms with E-state index in [0.717, 1.165) is 5.75 Å². The van der Waals surface area contributed by atoms with Gasteiger partial charge in [-0.15, -0.1) is 0 Å². The molecule has 0 bridgehead atoms. The Balaban J connectivity index is 1.73. The molecule has 0 saturated carbocycles. The number of hydrogen-bond donors (Lipinski definition) is 2.